The average molecular weight is 740 g/mol. The van der Waals surface area contributed by atoms with Crippen molar-refractivity contribution in [3.63, 3.8) is 0 Å². The second kappa shape index (κ2) is 13.9. The molecule has 282 valence electrons. The van der Waals surface area contributed by atoms with Crippen molar-refractivity contribution >= 4 is 27.8 Å². The number of anilines is 3. The fraction of sp³-hybridized carbons (Fsp3) is 0.286. The summed E-state index contributed by atoms with van der Waals surface area (Å²) in [6.07, 6.45) is 12.4. The summed E-state index contributed by atoms with van der Waals surface area (Å²) >= 11 is 0. The number of fused-ring (bicyclic) bond motifs is 6. The Balaban J connectivity index is 1.03. The molecular formula is C56H53N. The molecule has 4 aliphatic carbocycles. The van der Waals surface area contributed by atoms with E-state index in [9.17, 15) is 0 Å². The largest absolute Gasteiger partial charge is 0.310 e. The Hall–Kier alpha value is -5.40. The van der Waals surface area contributed by atoms with E-state index >= 15 is 0 Å². The molecule has 2 bridgehead atoms. The molecule has 0 spiro atoms. The van der Waals surface area contributed by atoms with Gasteiger partial charge in [0.05, 0.1) is 5.69 Å². The zero-order valence-corrected chi connectivity index (χ0v) is 33.6. The van der Waals surface area contributed by atoms with Crippen molar-refractivity contribution in [2.45, 2.75) is 88.9 Å². The molecule has 0 amide bonds. The molecule has 11 rings (SSSR count). The van der Waals surface area contributed by atoms with E-state index in [1.54, 1.807) is 5.56 Å². The molecule has 1 nitrogen and oxygen atoms in total. The summed E-state index contributed by atoms with van der Waals surface area (Å²) in [6, 6.07) is 58.2. The molecule has 7 aromatic carbocycles. The Morgan fingerprint density at radius 3 is 2.02 bits per heavy atom. The van der Waals surface area contributed by atoms with Gasteiger partial charge in [-0.05, 0) is 159 Å². The Labute approximate surface area is 339 Å². The van der Waals surface area contributed by atoms with E-state index in [1.807, 2.05) is 0 Å². The van der Waals surface area contributed by atoms with Gasteiger partial charge in [-0.25, -0.2) is 0 Å². The minimum absolute atomic E-state index is 0.137. The highest BCUT2D eigenvalue weighted by atomic mass is 15.1. The predicted molar refractivity (Wildman–Crippen MR) is 241 cm³/mol. The van der Waals surface area contributed by atoms with Crippen molar-refractivity contribution in [2.75, 3.05) is 4.90 Å². The van der Waals surface area contributed by atoms with E-state index in [4.69, 9.17) is 0 Å². The number of hydrogen-bond acceptors (Lipinski definition) is 1. The highest BCUT2D eigenvalue weighted by Gasteiger charge is 2.40. The summed E-state index contributed by atoms with van der Waals surface area (Å²) in [5, 5.41) is 2.66. The molecule has 3 fully saturated rings. The van der Waals surface area contributed by atoms with Gasteiger partial charge < -0.3 is 4.90 Å². The minimum atomic E-state index is -0.137. The molecule has 1 heteroatoms. The molecule has 57 heavy (non-hydrogen) atoms. The molecule has 0 heterocycles. The van der Waals surface area contributed by atoms with Gasteiger partial charge in [0.1, 0.15) is 0 Å². The smallest absolute Gasteiger partial charge is 0.0540 e. The first-order valence-corrected chi connectivity index (χ1v) is 21.9. The van der Waals surface area contributed by atoms with Gasteiger partial charge in [-0.15, -0.1) is 0 Å². The molecule has 3 atom stereocenters. The van der Waals surface area contributed by atoms with Crippen LogP contribution in [0, 0.1) is 11.8 Å². The Kier molecular flexibility index (Phi) is 8.50. The lowest BCUT2D eigenvalue weighted by atomic mass is 9.81. The molecule has 3 saturated carbocycles. The van der Waals surface area contributed by atoms with E-state index in [2.05, 4.69) is 170 Å². The quantitative estimate of drug-likeness (QED) is 0.157. The van der Waals surface area contributed by atoms with E-state index in [0.29, 0.717) is 5.92 Å². The van der Waals surface area contributed by atoms with Crippen molar-refractivity contribution in [2.24, 2.45) is 11.8 Å². The zero-order chi connectivity index (χ0) is 38.1. The second-order valence-electron chi connectivity index (χ2n) is 18.3. The van der Waals surface area contributed by atoms with Crippen LogP contribution in [0.4, 0.5) is 17.1 Å². The maximum atomic E-state index is 2.57. The Morgan fingerprint density at radius 2 is 1.25 bits per heavy atom. The maximum absolute atomic E-state index is 2.57. The number of nitrogens with zero attached hydrogens (tertiary/aromatic N) is 1. The summed E-state index contributed by atoms with van der Waals surface area (Å²) in [5.41, 5.74) is 17.2. The van der Waals surface area contributed by atoms with Crippen molar-refractivity contribution in [1.82, 2.24) is 0 Å². The Bertz CT molecular complexity index is 2610. The van der Waals surface area contributed by atoms with Gasteiger partial charge in [0.15, 0.2) is 0 Å². The van der Waals surface area contributed by atoms with Gasteiger partial charge in [0.2, 0.25) is 0 Å². The standard InChI is InChI=1S/C56H53N/c1-56(2)53-31-26-44(48-18-10-9-17-47(48)39-14-7-4-8-15-39)35-52(53)49-30-29-46(36-54(49)56)57(45-27-24-41(25-28-45)50-33-37-20-21-43(50)32-37)55-19-11-16-40-22-23-42(34-51(40)55)38-12-5-3-6-13-38/h4,7-11,14-19,22-31,34-38,43,50H,3,5-6,12-13,20-21,32-33H2,1-2H3. The summed E-state index contributed by atoms with van der Waals surface area (Å²) in [4.78, 5) is 2.57. The minimum Gasteiger partial charge on any atom is -0.310 e. The first kappa shape index (κ1) is 34.8. The van der Waals surface area contributed by atoms with Crippen LogP contribution in [0.3, 0.4) is 0 Å². The van der Waals surface area contributed by atoms with Crippen LogP contribution < -0.4 is 4.90 Å². The van der Waals surface area contributed by atoms with Crippen molar-refractivity contribution < 1.29 is 0 Å². The predicted octanol–water partition coefficient (Wildman–Crippen LogP) is 15.9. The molecular weight excluding hydrogens is 687 g/mol. The zero-order valence-electron chi connectivity index (χ0n) is 33.6. The summed E-state index contributed by atoms with van der Waals surface area (Å²) in [6.45, 7) is 4.84. The molecule has 0 saturated heterocycles. The van der Waals surface area contributed by atoms with Crippen LogP contribution >= 0.6 is 0 Å². The van der Waals surface area contributed by atoms with Gasteiger partial charge in [-0.2, -0.15) is 0 Å². The van der Waals surface area contributed by atoms with Crippen LogP contribution in [0.25, 0.3) is 44.2 Å². The highest BCUT2D eigenvalue weighted by molar-refractivity contribution is 6.00. The summed E-state index contributed by atoms with van der Waals surface area (Å²) in [7, 11) is 0. The van der Waals surface area contributed by atoms with Crippen molar-refractivity contribution in [3.05, 3.63) is 174 Å². The molecule has 0 radical (unpaired) electrons. The molecule has 0 aromatic heterocycles. The normalized spacial score (nSPS) is 20.8. The van der Waals surface area contributed by atoms with Crippen LogP contribution in [-0.4, -0.2) is 0 Å². The lowest BCUT2D eigenvalue weighted by Gasteiger charge is -2.30. The number of benzene rings is 7. The van der Waals surface area contributed by atoms with Gasteiger partial charge in [-0.3, -0.25) is 0 Å². The molecule has 3 unspecified atom stereocenters. The fourth-order valence-electron chi connectivity index (χ4n) is 11.8. The molecule has 4 aliphatic rings. The van der Waals surface area contributed by atoms with Gasteiger partial charge >= 0.3 is 0 Å². The lowest BCUT2D eigenvalue weighted by molar-refractivity contribution is 0.420. The topological polar surface area (TPSA) is 3.24 Å². The summed E-state index contributed by atoms with van der Waals surface area (Å²) < 4.78 is 0. The lowest BCUT2D eigenvalue weighted by Crippen LogP contribution is -2.17. The van der Waals surface area contributed by atoms with E-state index in [1.165, 1.54) is 136 Å². The van der Waals surface area contributed by atoms with Crippen LogP contribution in [0.2, 0.25) is 0 Å². The maximum Gasteiger partial charge on any atom is 0.0540 e. The Morgan fingerprint density at radius 1 is 0.491 bits per heavy atom. The number of hydrogen-bond donors (Lipinski definition) is 0. The van der Waals surface area contributed by atoms with E-state index < -0.39 is 0 Å². The highest BCUT2D eigenvalue weighted by Crippen LogP contribution is 2.55. The van der Waals surface area contributed by atoms with Crippen LogP contribution in [0.5, 0.6) is 0 Å². The van der Waals surface area contributed by atoms with Gasteiger partial charge in [0, 0.05) is 22.2 Å². The second-order valence-corrected chi connectivity index (χ2v) is 18.3. The first-order valence-electron chi connectivity index (χ1n) is 21.9. The van der Waals surface area contributed by atoms with Crippen molar-refractivity contribution in [3.8, 4) is 33.4 Å². The SMILES string of the molecule is CC1(C)c2ccc(-c3ccccc3-c3ccccc3)cc2-c2ccc(N(c3ccc(C4CC5CCC4C5)cc3)c3cccc4ccc(C5CCCCC5)cc34)cc21. The third-order valence-electron chi connectivity index (χ3n) is 14.8. The monoisotopic (exact) mass is 739 g/mol. The van der Waals surface area contributed by atoms with Crippen LogP contribution in [-0.2, 0) is 5.41 Å². The van der Waals surface area contributed by atoms with Gasteiger partial charge in [-0.1, -0.05) is 149 Å². The average Bonchev–Trinajstić information content (AvgIpc) is 3.97. The van der Waals surface area contributed by atoms with E-state index in [-0.39, 0.29) is 5.41 Å². The number of rotatable bonds is 7. The first-order chi connectivity index (χ1) is 28.0. The molecule has 0 N–H and O–H groups in total. The van der Waals surface area contributed by atoms with Crippen LogP contribution in [0.1, 0.15) is 106 Å². The van der Waals surface area contributed by atoms with Crippen LogP contribution in [0.15, 0.2) is 152 Å². The van der Waals surface area contributed by atoms with Gasteiger partial charge in [0.25, 0.3) is 0 Å². The third kappa shape index (κ3) is 5.96. The van der Waals surface area contributed by atoms with Crippen molar-refractivity contribution in [1.29, 1.82) is 0 Å². The molecule has 7 aromatic rings. The third-order valence-corrected chi connectivity index (χ3v) is 14.8. The molecule has 0 aliphatic heterocycles. The summed E-state index contributed by atoms with van der Waals surface area (Å²) in [5.74, 6) is 3.21. The fourth-order valence-corrected chi connectivity index (χ4v) is 11.8. The van der Waals surface area contributed by atoms with E-state index in [0.717, 1.165) is 17.8 Å².